The normalized spacial score (nSPS) is 14.4. The molecule has 0 heterocycles. The van der Waals surface area contributed by atoms with Crippen molar-refractivity contribution in [2.24, 2.45) is 5.41 Å². The number of esters is 1. The van der Waals surface area contributed by atoms with E-state index in [2.05, 4.69) is 26.3 Å². The van der Waals surface area contributed by atoms with E-state index in [9.17, 15) is 4.79 Å². The lowest BCUT2D eigenvalue weighted by atomic mass is 9.75. The Morgan fingerprint density at radius 2 is 2.06 bits per heavy atom. The monoisotopic (exact) mass is 250 g/mol. The van der Waals surface area contributed by atoms with Gasteiger partial charge in [0.15, 0.2) is 5.60 Å². The van der Waals surface area contributed by atoms with Crippen molar-refractivity contribution >= 4 is 5.97 Å². The van der Waals surface area contributed by atoms with Crippen LogP contribution in [0, 0.1) is 17.8 Å². The molecule has 0 saturated heterocycles. The van der Waals surface area contributed by atoms with Crippen LogP contribution in [-0.4, -0.2) is 11.6 Å². The van der Waals surface area contributed by atoms with Crippen LogP contribution in [0.25, 0.3) is 0 Å². The molecule has 102 valence electrons. The summed E-state index contributed by atoms with van der Waals surface area (Å²) in [5.41, 5.74) is -0.726. The lowest BCUT2D eigenvalue weighted by Gasteiger charge is -2.36. The van der Waals surface area contributed by atoms with Gasteiger partial charge in [-0.15, -0.1) is 13.0 Å². The van der Waals surface area contributed by atoms with Gasteiger partial charge in [0.2, 0.25) is 0 Å². The van der Waals surface area contributed by atoms with E-state index in [1.807, 2.05) is 13.0 Å². The molecule has 0 aliphatic rings. The molecule has 2 heteroatoms. The molecule has 0 aromatic rings. The zero-order valence-corrected chi connectivity index (χ0v) is 12.2. The van der Waals surface area contributed by atoms with E-state index in [0.717, 1.165) is 19.3 Å². The van der Waals surface area contributed by atoms with Crippen LogP contribution in [-0.2, 0) is 9.53 Å². The Morgan fingerprint density at radius 3 is 2.44 bits per heavy atom. The predicted octanol–water partition coefficient (Wildman–Crippen LogP) is 4.10. The summed E-state index contributed by atoms with van der Waals surface area (Å²) in [7, 11) is 0. The molecule has 0 N–H and O–H groups in total. The first-order valence-corrected chi connectivity index (χ1v) is 6.59. The Bertz CT molecular complexity index is 322. The van der Waals surface area contributed by atoms with Gasteiger partial charge < -0.3 is 4.74 Å². The number of rotatable bonds is 8. The van der Waals surface area contributed by atoms with Crippen molar-refractivity contribution in [3.8, 4) is 12.3 Å². The first kappa shape index (κ1) is 16.8. The molecule has 0 aliphatic carbocycles. The van der Waals surface area contributed by atoms with E-state index in [4.69, 9.17) is 11.2 Å². The van der Waals surface area contributed by atoms with Crippen LogP contribution >= 0.6 is 0 Å². The van der Waals surface area contributed by atoms with Crippen LogP contribution in [0.1, 0.15) is 59.8 Å². The maximum absolute atomic E-state index is 11.3. The minimum absolute atomic E-state index is 0.0329. The van der Waals surface area contributed by atoms with E-state index in [0.29, 0.717) is 12.8 Å². The summed E-state index contributed by atoms with van der Waals surface area (Å²) in [4.78, 5) is 11.3. The number of allylic oxidation sites excluding steroid dienone is 1. The predicted molar refractivity (Wildman–Crippen MR) is 76.1 cm³/mol. The maximum atomic E-state index is 11.3. The third-order valence-corrected chi connectivity index (χ3v) is 3.05. The standard InChI is InChI=1S/C16H26O2/c1-7-10-12-15(5,6)13-16(9-3,11-8-2)18-14(4)17/h3,7H,1,8,10-13H2,2,4-6H3. The average Bonchev–Trinajstić information content (AvgIpc) is 2.25. The number of terminal acetylenes is 1. The molecule has 0 amide bonds. The number of ether oxygens (including phenoxy) is 1. The summed E-state index contributed by atoms with van der Waals surface area (Å²) in [5, 5.41) is 0. The van der Waals surface area contributed by atoms with Gasteiger partial charge >= 0.3 is 5.97 Å². The van der Waals surface area contributed by atoms with Crippen molar-refractivity contribution in [2.45, 2.75) is 65.4 Å². The lowest BCUT2D eigenvalue weighted by Crippen LogP contribution is -2.37. The Hall–Kier alpha value is -1.23. The van der Waals surface area contributed by atoms with Gasteiger partial charge in [0.05, 0.1) is 0 Å². The molecule has 0 aliphatic heterocycles. The molecular formula is C16H26O2. The van der Waals surface area contributed by atoms with Gasteiger partial charge in [0, 0.05) is 13.3 Å². The quantitative estimate of drug-likeness (QED) is 0.368. The molecule has 0 aromatic carbocycles. The van der Waals surface area contributed by atoms with Gasteiger partial charge in [-0.05, 0) is 24.7 Å². The Morgan fingerprint density at radius 1 is 1.44 bits per heavy atom. The highest BCUT2D eigenvalue weighted by atomic mass is 16.6. The molecule has 0 radical (unpaired) electrons. The summed E-state index contributed by atoms with van der Waals surface area (Å²) in [6, 6.07) is 0. The zero-order chi connectivity index (χ0) is 14.2. The Kier molecular flexibility index (Phi) is 6.76. The van der Waals surface area contributed by atoms with E-state index in [-0.39, 0.29) is 11.4 Å². The number of carbonyl (C=O) groups excluding carboxylic acids is 1. The molecular weight excluding hydrogens is 224 g/mol. The van der Waals surface area contributed by atoms with Crippen molar-refractivity contribution in [1.82, 2.24) is 0 Å². The Balaban J connectivity index is 4.91. The van der Waals surface area contributed by atoms with Gasteiger partial charge in [-0.2, -0.15) is 0 Å². The second-order valence-electron chi connectivity index (χ2n) is 5.65. The molecule has 1 unspecified atom stereocenters. The summed E-state index contributed by atoms with van der Waals surface area (Å²) in [6.45, 7) is 11.5. The minimum Gasteiger partial charge on any atom is -0.446 e. The van der Waals surface area contributed by atoms with Gasteiger partial charge in [0.25, 0.3) is 0 Å². The first-order chi connectivity index (χ1) is 8.31. The molecule has 2 nitrogen and oxygen atoms in total. The highest BCUT2D eigenvalue weighted by Crippen LogP contribution is 2.37. The molecule has 0 spiro atoms. The zero-order valence-electron chi connectivity index (χ0n) is 12.2. The fraction of sp³-hybridized carbons (Fsp3) is 0.688. The maximum Gasteiger partial charge on any atom is 0.304 e. The molecule has 1 atom stereocenters. The molecule has 0 aromatic heterocycles. The topological polar surface area (TPSA) is 26.3 Å². The number of hydrogen-bond acceptors (Lipinski definition) is 2. The molecule has 18 heavy (non-hydrogen) atoms. The van der Waals surface area contributed by atoms with E-state index in [1.165, 1.54) is 6.92 Å². The SMILES string of the molecule is C#CC(CCC)(CC(C)(C)CCC=C)OC(C)=O. The highest BCUT2D eigenvalue weighted by Gasteiger charge is 2.36. The smallest absolute Gasteiger partial charge is 0.304 e. The van der Waals surface area contributed by atoms with E-state index < -0.39 is 5.60 Å². The fourth-order valence-corrected chi connectivity index (χ4v) is 2.36. The second-order valence-corrected chi connectivity index (χ2v) is 5.65. The van der Waals surface area contributed by atoms with Crippen LogP contribution in [0.5, 0.6) is 0 Å². The summed E-state index contributed by atoms with van der Waals surface area (Å²) in [5.74, 6) is 2.41. The third kappa shape index (κ3) is 5.91. The summed E-state index contributed by atoms with van der Waals surface area (Å²) in [6.07, 6.45) is 11.8. The van der Waals surface area contributed by atoms with Gasteiger partial charge in [-0.3, -0.25) is 4.79 Å². The van der Waals surface area contributed by atoms with Crippen LogP contribution in [0.3, 0.4) is 0 Å². The fourth-order valence-electron chi connectivity index (χ4n) is 2.36. The molecule has 0 rings (SSSR count). The van der Waals surface area contributed by atoms with Crippen molar-refractivity contribution in [3.05, 3.63) is 12.7 Å². The van der Waals surface area contributed by atoms with Crippen LogP contribution < -0.4 is 0 Å². The molecule has 0 fully saturated rings. The van der Waals surface area contributed by atoms with Gasteiger partial charge in [-0.25, -0.2) is 0 Å². The Labute approximate surface area is 112 Å². The van der Waals surface area contributed by atoms with Gasteiger partial charge in [-0.1, -0.05) is 39.2 Å². The number of hydrogen-bond donors (Lipinski definition) is 0. The average molecular weight is 250 g/mol. The number of carbonyl (C=O) groups is 1. The first-order valence-electron chi connectivity index (χ1n) is 6.59. The van der Waals surface area contributed by atoms with Crippen molar-refractivity contribution in [1.29, 1.82) is 0 Å². The van der Waals surface area contributed by atoms with E-state index in [1.54, 1.807) is 0 Å². The van der Waals surface area contributed by atoms with Crippen LogP contribution in [0.2, 0.25) is 0 Å². The summed E-state index contributed by atoms with van der Waals surface area (Å²) < 4.78 is 5.44. The van der Waals surface area contributed by atoms with Crippen LogP contribution in [0.4, 0.5) is 0 Å². The lowest BCUT2D eigenvalue weighted by molar-refractivity contribution is -0.154. The highest BCUT2D eigenvalue weighted by molar-refractivity contribution is 5.67. The minimum atomic E-state index is -0.759. The van der Waals surface area contributed by atoms with Crippen LogP contribution in [0.15, 0.2) is 12.7 Å². The van der Waals surface area contributed by atoms with Crippen molar-refractivity contribution in [2.75, 3.05) is 0 Å². The van der Waals surface area contributed by atoms with Crippen molar-refractivity contribution < 1.29 is 9.53 Å². The third-order valence-electron chi connectivity index (χ3n) is 3.05. The van der Waals surface area contributed by atoms with E-state index >= 15 is 0 Å². The largest absolute Gasteiger partial charge is 0.446 e. The second kappa shape index (κ2) is 7.26. The summed E-state index contributed by atoms with van der Waals surface area (Å²) >= 11 is 0. The van der Waals surface area contributed by atoms with Gasteiger partial charge in [0.1, 0.15) is 0 Å². The van der Waals surface area contributed by atoms with Crippen molar-refractivity contribution in [3.63, 3.8) is 0 Å². The molecule has 0 saturated carbocycles. The molecule has 0 bridgehead atoms.